The van der Waals surface area contributed by atoms with Gasteiger partial charge in [0, 0.05) is 23.2 Å². The summed E-state index contributed by atoms with van der Waals surface area (Å²) in [5.41, 5.74) is 3.23. The molecule has 0 amide bonds. The van der Waals surface area contributed by atoms with Gasteiger partial charge >= 0.3 is 0 Å². The lowest BCUT2D eigenvalue weighted by Gasteiger charge is -2.14. The van der Waals surface area contributed by atoms with Crippen LogP contribution in [-0.4, -0.2) is 19.2 Å². The molecule has 4 heteroatoms. The van der Waals surface area contributed by atoms with Gasteiger partial charge in [-0.2, -0.15) is 5.26 Å². The summed E-state index contributed by atoms with van der Waals surface area (Å²) in [7, 11) is 3.16. The minimum absolute atomic E-state index is 0.527. The van der Waals surface area contributed by atoms with Crippen LogP contribution in [0.5, 0.6) is 11.5 Å². The molecule has 0 saturated heterocycles. The predicted octanol–water partition coefficient (Wildman–Crippen LogP) is 3.79. The van der Waals surface area contributed by atoms with Crippen LogP contribution in [0.25, 0.3) is 22.0 Å². The highest BCUT2D eigenvalue weighted by molar-refractivity contribution is 5.86. The smallest absolute Gasteiger partial charge is 0.168 e. The van der Waals surface area contributed by atoms with Gasteiger partial charge < -0.3 is 9.47 Å². The van der Waals surface area contributed by atoms with Crippen molar-refractivity contribution >= 4 is 10.9 Å². The molecule has 2 aromatic carbocycles. The van der Waals surface area contributed by atoms with Crippen molar-refractivity contribution in [1.82, 2.24) is 4.98 Å². The molecule has 0 aliphatic carbocycles. The Kier molecular flexibility index (Phi) is 3.63. The molecule has 0 radical (unpaired) electrons. The summed E-state index contributed by atoms with van der Waals surface area (Å²) in [4.78, 5) is 4.32. The summed E-state index contributed by atoms with van der Waals surface area (Å²) in [5, 5.41) is 10.2. The average molecular weight is 290 g/mol. The highest BCUT2D eigenvalue weighted by atomic mass is 16.5. The van der Waals surface area contributed by atoms with Crippen LogP contribution in [-0.2, 0) is 0 Å². The third kappa shape index (κ3) is 2.33. The standard InChI is InChI=1S/C18H14N2O2/c1-21-17-9-12(11-19)8-15(18(17)22-2)13-5-6-16-14(10-13)4-3-7-20-16/h3-10H,1-2H3. The first-order valence-electron chi connectivity index (χ1n) is 6.78. The average Bonchev–Trinajstić information content (AvgIpc) is 2.59. The molecular weight excluding hydrogens is 276 g/mol. The Morgan fingerprint density at radius 3 is 2.64 bits per heavy atom. The number of ether oxygens (including phenoxy) is 2. The van der Waals surface area contributed by atoms with E-state index >= 15 is 0 Å². The second-order valence-corrected chi connectivity index (χ2v) is 4.78. The minimum Gasteiger partial charge on any atom is -0.493 e. The van der Waals surface area contributed by atoms with Gasteiger partial charge in [0.25, 0.3) is 0 Å². The molecule has 0 N–H and O–H groups in total. The molecule has 0 aliphatic heterocycles. The second kappa shape index (κ2) is 5.74. The van der Waals surface area contributed by atoms with Crippen LogP contribution in [0.4, 0.5) is 0 Å². The van der Waals surface area contributed by atoms with Crippen molar-refractivity contribution in [2.45, 2.75) is 0 Å². The number of methoxy groups -OCH3 is 2. The Morgan fingerprint density at radius 2 is 1.91 bits per heavy atom. The number of hydrogen-bond donors (Lipinski definition) is 0. The van der Waals surface area contributed by atoms with Gasteiger partial charge in [-0.3, -0.25) is 4.98 Å². The van der Waals surface area contributed by atoms with Crippen LogP contribution >= 0.6 is 0 Å². The van der Waals surface area contributed by atoms with Crippen LogP contribution < -0.4 is 9.47 Å². The molecule has 1 heterocycles. The van der Waals surface area contributed by atoms with Crippen molar-refractivity contribution in [3.63, 3.8) is 0 Å². The molecule has 0 unspecified atom stereocenters. The van der Waals surface area contributed by atoms with Gasteiger partial charge in [-0.25, -0.2) is 0 Å². The lowest BCUT2D eigenvalue weighted by molar-refractivity contribution is 0.356. The van der Waals surface area contributed by atoms with Crippen molar-refractivity contribution in [2.24, 2.45) is 0 Å². The number of fused-ring (bicyclic) bond motifs is 1. The van der Waals surface area contributed by atoms with Crippen LogP contribution in [0.1, 0.15) is 5.56 Å². The van der Waals surface area contributed by atoms with Crippen LogP contribution in [0.15, 0.2) is 48.7 Å². The molecule has 0 spiro atoms. The molecular formula is C18H14N2O2. The van der Waals surface area contributed by atoms with E-state index in [0.717, 1.165) is 22.0 Å². The molecule has 3 aromatic rings. The van der Waals surface area contributed by atoms with E-state index in [2.05, 4.69) is 11.1 Å². The number of nitrogens with zero attached hydrogens (tertiary/aromatic N) is 2. The lowest BCUT2D eigenvalue weighted by atomic mass is 9.99. The second-order valence-electron chi connectivity index (χ2n) is 4.78. The monoisotopic (exact) mass is 290 g/mol. The summed E-state index contributed by atoms with van der Waals surface area (Å²) in [5.74, 6) is 1.16. The fourth-order valence-electron chi connectivity index (χ4n) is 2.49. The number of pyridine rings is 1. The Bertz CT molecular complexity index is 882. The maximum Gasteiger partial charge on any atom is 0.168 e. The third-order valence-electron chi connectivity index (χ3n) is 3.52. The van der Waals surface area contributed by atoms with Gasteiger partial charge in [0.1, 0.15) is 0 Å². The Hall–Kier alpha value is -3.06. The third-order valence-corrected chi connectivity index (χ3v) is 3.52. The number of rotatable bonds is 3. The van der Waals surface area contributed by atoms with E-state index < -0.39 is 0 Å². The molecule has 4 nitrogen and oxygen atoms in total. The van der Waals surface area contributed by atoms with Crippen LogP contribution in [0.3, 0.4) is 0 Å². The Morgan fingerprint density at radius 1 is 1.05 bits per heavy atom. The van der Waals surface area contributed by atoms with Crippen molar-refractivity contribution < 1.29 is 9.47 Å². The molecule has 1 aromatic heterocycles. The summed E-state index contributed by atoms with van der Waals surface area (Å²) < 4.78 is 10.8. The summed E-state index contributed by atoms with van der Waals surface area (Å²) in [6, 6.07) is 15.5. The molecule has 0 aliphatic rings. The molecule has 0 bridgehead atoms. The highest BCUT2D eigenvalue weighted by Gasteiger charge is 2.14. The van der Waals surface area contributed by atoms with Gasteiger partial charge in [0.05, 0.1) is 31.4 Å². The first kappa shape index (κ1) is 13.9. The lowest BCUT2D eigenvalue weighted by Crippen LogP contribution is -1.95. The maximum atomic E-state index is 9.21. The first-order chi connectivity index (χ1) is 10.8. The number of aromatic nitrogens is 1. The molecule has 22 heavy (non-hydrogen) atoms. The highest BCUT2D eigenvalue weighted by Crippen LogP contribution is 2.39. The fourth-order valence-corrected chi connectivity index (χ4v) is 2.49. The summed E-state index contributed by atoms with van der Waals surface area (Å²) in [6.07, 6.45) is 1.77. The molecule has 0 saturated carbocycles. The Balaban J connectivity index is 2.26. The van der Waals surface area contributed by atoms with E-state index in [-0.39, 0.29) is 0 Å². The van der Waals surface area contributed by atoms with Crippen molar-refractivity contribution in [1.29, 1.82) is 5.26 Å². The van der Waals surface area contributed by atoms with Gasteiger partial charge in [0.2, 0.25) is 0 Å². The zero-order valence-corrected chi connectivity index (χ0v) is 12.3. The minimum atomic E-state index is 0.527. The molecule has 3 rings (SSSR count). The van der Waals surface area contributed by atoms with Gasteiger partial charge in [-0.05, 0) is 29.8 Å². The summed E-state index contributed by atoms with van der Waals surface area (Å²) in [6.45, 7) is 0. The van der Waals surface area contributed by atoms with E-state index in [4.69, 9.17) is 9.47 Å². The van der Waals surface area contributed by atoms with E-state index in [0.29, 0.717) is 17.1 Å². The normalized spacial score (nSPS) is 10.2. The topological polar surface area (TPSA) is 55.1 Å². The largest absolute Gasteiger partial charge is 0.493 e. The Labute approximate surface area is 128 Å². The van der Waals surface area contributed by atoms with E-state index in [1.54, 1.807) is 32.5 Å². The van der Waals surface area contributed by atoms with Crippen LogP contribution in [0, 0.1) is 11.3 Å². The van der Waals surface area contributed by atoms with E-state index in [1.807, 2.05) is 30.3 Å². The fraction of sp³-hybridized carbons (Fsp3) is 0.111. The quantitative estimate of drug-likeness (QED) is 0.736. The first-order valence-corrected chi connectivity index (χ1v) is 6.78. The SMILES string of the molecule is COc1cc(C#N)cc(-c2ccc3ncccc3c2)c1OC. The molecule has 0 atom stereocenters. The van der Waals surface area contributed by atoms with Gasteiger partial charge in [-0.1, -0.05) is 12.1 Å². The number of hydrogen-bond acceptors (Lipinski definition) is 4. The molecule has 108 valence electrons. The van der Waals surface area contributed by atoms with Crippen molar-refractivity contribution in [2.75, 3.05) is 14.2 Å². The summed E-state index contributed by atoms with van der Waals surface area (Å²) >= 11 is 0. The van der Waals surface area contributed by atoms with Crippen molar-refractivity contribution in [3.8, 4) is 28.7 Å². The zero-order valence-electron chi connectivity index (χ0n) is 12.3. The van der Waals surface area contributed by atoms with Crippen molar-refractivity contribution in [3.05, 3.63) is 54.2 Å². The van der Waals surface area contributed by atoms with E-state index in [1.165, 1.54) is 0 Å². The number of nitriles is 1. The molecule has 0 fully saturated rings. The number of benzene rings is 2. The van der Waals surface area contributed by atoms with Gasteiger partial charge in [-0.15, -0.1) is 0 Å². The zero-order chi connectivity index (χ0) is 15.5. The van der Waals surface area contributed by atoms with E-state index in [9.17, 15) is 5.26 Å². The predicted molar refractivity (Wildman–Crippen MR) is 85.0 cm³/mol. The van der Waals surface area contributed by atoms with Gasteiger partial charge in [0.15, 0.2) is 11.5 Å². The van der Waals surface area contributed by atoms with Crippen LogP contribution in [0.2, 0.25) is 0 Å². The maximum absolute atomic E-state index is 9.21.